The zero-order valence-electron chi connectivity index (χ0n) is 18.6. The maximum Gasteiger partial charge on any atom is 0.410 e. The van der Waals surface area contributed by atoms with Gasteiger partial charge < -0.3 is 14.5 Å². The summed E-state index contributed by atoms with van der Waals surface area (Å²) in [6, 6.07) is 9.76. The molecule has 0 bridgehead atoms. The monoisotopic (exact) mass is 412 g/mol. The average Bonchev–Trinajstić information content (AvgIpc) is 2.85. The zero-order valence-corrected chi connectivity index (χ0v) is 18.6. The fourth-order valence-corrected chi connectivity index (χ4v) is 3.62. The summed E-state index contributed by atoms with van der Waals surface area (Å²) in [6.07, 6.45) is 0.417. The molecule has 0 saturated carbocycles. The van der Waals surface area contributed by atoms with Crippen LogP contribution >= 0.6 is 0 Å². The van der Waals surface area contributed by atoms with Gasteiger partial charge in [0.15, 0.2) is 0 Å². The Balaban J connectivity index is 1.65. The molecule has 2 aromatic rings. The second kappa shape index (κ2) is 8.90. The molecule has 3 rings (SSSR count). The summed E-state index contributed by atoms with van der Waals surface area (Å²) in [5.74, 6) is -0.00347. The van der Waals surface area contributed by atoms with Crippen molar-refractivity contribution in [3.63, 3.8) is 0 Å². The molecule has 1 aliphatic rings. The third-order valence-electron chi connectivity index (χ3n) is 5.04. The Bertz CT molecular complexity index is 913. The SMILES string of the molecule is Cc1cc(C)n(Cc2cccc(C(=O)N3CCCN(C(=O)OC(C)(C)C)CC3)c2)n1. The Morgan fingerprint density at radius 1 is 1.03 bits per heavy atom. The smallest absolute Gasteiger partial charge is 0.410 e. The van der Waals surface area contributed by atoms with Gasteiger partial charge in [-0.2, -0.15) is 5.10 Å². The highest BCUT2D eigenvalue weighted by atomic mass is 16.6. The maximum absolute atomic E-state index is 13.1. The van der Waals surface area contributed by atoms with Crippen LogP contribution in [0.5, 0.6) is 0 Å². The van der Waals surface area contributed by atoms with E-state index in [4.69, 9.17) is 4.74 Å². The van der Waals surface area contributed by atoms with Crippen molar-refractivity contribution in [2.24, 2.45) is 0 Å². The van der Waals surface area contributed by atoms with E-state index in [0.29, 0.717) is 38.3 Å². The second-order valence-electron chi connectivity index (χ2n) is 8.90. The van der Waals surface area contributed by atoms with Gasteiger partial charge in [0.2, 0.25) is 0 Å². The van der Waals surface area contributed by atoms with Crippen LogP contribution < -0.4 is 0 Å². The molecular formula is C23H32N4O3. The number of carbonyl (C=O) groups excluding carboxylic acids is 2. The molecule has 1 saturated heterocycles. The maximum atomic E-state index is 13.1. The van der Waals surface area contributed by atoms with E-state index in [2.05, 4.69) is 5.10 Å². The minimum absolute atomic E-state index is 0.00347. The lowest BCUT2D eigenvalue weighted by Crippen LogP contribution is -2.40. The van der Waals surface area contributed by atoms with Crippen molar-refractivity contribution < 1.29 is 14.3 Å². The lowest BCUT2D eigenvalue weighted by atomic mass is 10.1. The van der Waals surface area contributed by atoms with Crippen molar-refractivity contribution >= 4 is 12.0 Å². The van der Waals surface area contributed by atoms with Crippen LogP contribution in [0, 0.1) is 13.8 Å². The van der Waals surface area contributed by atoms with Crippen LogP contribution in [0.2, 0.25) is 0 Å². The number of amides is 2. The van der Waals surface area contributed by atoms with Crippen LogP contribution in [0.3, 0.4) is 0 Å². The van der Waals surface area contributed by atoms with Gasteiger partial charge in [0.05, 0.1) is 12.2 Å². The van der Waals surface area contributed by atoms with E-state index in [1.165, 1.54) is 0 Å². The van der Waals surface area contributed by atoms with Gasteiger partial charge in [-0.05, 0) is 64.8 Å². The van der Waals surface area contributed by atoms with Crippen molar-refractivity contribution in [1.29, 1.82) is 0 Å². The normalized spacial score (nSPS) is 15.1. The third kappa shape index (κ3) is 5.62. The zero-order chi connectivity index (χ0) is 21.9. The molecule has 1 aromatic heterocycles. The van der Waals surface area contributed by atoms with Crippen LogP contribution in [0.25, 0.3) is 0 Å². The van der Waals surface area contributed by atoms with Gasteiger partial charge in [-0.25, -0.2) is 4.79 Å². The first-order valence-corrected chi connectivity index (χ1v) is 10.5. The molecule has 2 heterocycles. The standard InChI is InChI=1S/C23H32N4O3/c1-17-14-18(2)27(24-17)16-19-8-6-9-20(15-19)21(28)25-10-7-11-26(13-12-25)22(29)30-23(3,4)5/h6,8-9,14-15H,7,10-13,16H2,1-5H3. The third-order valence-corrected chi connectivity index (χ3v) is 5.04. The van der Waals surface area contributed by atoms with E-state index in [9.17, 15) is 9.59 Å². The summed E-state index contributed by atoms with van der Waals surface area (Å²) in [4.78, 5) is 29.0. The van der Waals surface area contributed by atoms with Crippen LogP contribution in [0.4, 0.5) is 4.79 Å². The Hall–Kier alpha value is -2.83. The van der Waals surface area contributed by atoms with Crippen molar-refractivity contribution in [3.05, 3.63) is 52.8 Å². The number of nitrogens with zero attached hydrogens (tertiary/aromatic N) is 4. The van der Waals surface area contributed by atoms with Gasteiger partial charge in [-0.3, -0.25) is 9.48 Å². The fraction of sp³-hybridized carbons (Fsp3) is 0.522. The summed E-state index contributed by atoms with van der Waals surface area (Å²) >= 11 is 0. The number of aromatic nitrogens is 2. The van der Waals surface area contributed by atoms with E-state index in [0.717, 1.165) is 23.4 Å². The molecule has 0 unspecified atom stereocenters. The minimum Gasteiger partial charge on any atom is -0.444 e. The lowest BCUT2D eigenvalue weighted by molar-refractivity contribution is 0.0255. The van der Waals surface area contributed by atoms with Gasteiger partial charge in [0, 0.05) is 37.4 Å². The van der Waals surface area contributed by atoms with Crippen molar-refractivity contribution in [1.82, 2.24) is 19.6 Å². The molecule has 162 valence electrons. The number of hydrogen-bond acceptors (Lipinski definition) is 4. The van der Waals surface area contributed by atoms with Crippen molar-refractivity contribution in [2.45, 2.75) is 53.2 Å². The van der Waals surface area contributed by atoms with Crippen LogP contribution in [0.15, 0.2) is 30.3 Å². The van der Waals surface area contributed by atoms with E-state index in [-0.39, 0.29) is 12.0 Å². The number of hydrogen-bond donors (Lipinski definition) is 0. The molecule has 7 nitrogen and oxygen atoms in total. The van der Waals surface area contributed by atoms with E-state index in [1.807, 2.05) is 74.5 Å². The summed E-state index contributed by atoms with van der Waals surface area (Å²) < 4.78 is 7.42. The lowest BCUT2D eigenvalue weighted by Gasteiger charge is -2.26. The number of benzene rings is 1. The minimum atomic E-state index is -0.523. The fourth-order valence-electron chi connectivity index (χ4n) is 3.62. The second-order valence-corrected chi connectivity index (χ2v) is 8.90. The molecule has 0 N–H and O–H groups in total. The molecule has 0 aliphatic carbocycles. The summed E-state index contributed by atoms with van der Waals surface area (Å²) in [7, 11) is 0. The number of aryl methyl sites for hydroxylation is 2. The van der Waals surface area contributed by atoms with Crippen molar-refractivity contribution in [3.8, 4) is 0 Å². The Morgan fingerprint density at radius 3 is 2.40 bits per heavy atom. The van der Waals surface area contributed by atoms with Crippen LogP contribution in [-0.2, 0) is 11.3 Å². The van der Waals surface area contributed by atoms with Gasteiger partial charge in [-0.15, -0.1) is 0 Å². The molecule has 1 aliphatic heterocycles. The largest absolute Gasteiger partial charge is 0.444 e. The Kier molecular flexibility index (Phi) is 6.48. The van der Waals surface area contributed by atoms with E-state index < -0.39 is 5.60 Å². The molecule has 1 fully saturated rings. The first-order chi connectivity index (χ1) is 14.1. The molecule has 0 spiro atoms. The highest BCUT2D eigenvalue weighted by Gasteiger charge is 2.26. The summed E-state index contributed by atoms with van der Waals surface area (Å²) in [5, 5.41) is 4.50. The molecule has 1 aromatic carbocycles. The Morgan fingerprint density at radius 2 is 1.73 bits per heavy atom. The Labute approximate surface area is 178 Å². The first-order valence-electron chi connectivity index (χ1n) is 10.5. The average molecular weight is 413 g/mol. The molecule has 0 radical (unpaired) electrons. The summed E-state index contributed by atoms with van der Waals surface area (Å²) in [5.41, 5.74) is 3.26. The molecule has 2 amide bonds. The molecule has 7 heteroatoms. The van der Waals surface area contributed by atoms with E-state index >= 15 is 0 Å². The predicted octanol–water partition coefficient (Wildman–Crippen LogP) is 3.63. The molecule has 30 heavy (non-hydrogen) atoms. The molecule has 0 atom stereocenters. The van der Waals surface area contributed by atoms with E-state index in [1.54, 1.807) is 4.90 Å². The first kappa shape index (κ1) is 21.9. The number of rotatable bonds is 3. The quantitative estimate of drug-likeness (QED) is 0.772. The summed E-state index contributed by atoms with van der Waals surface area (Å²) in [6.45, 7) is 12.4. The highest BCUT2D eigenvalue weighted by molar-refractivity contribution is 5.94. The predicted molar refractivity (Wildman–Crippen MR) is 116 cm³/mol. The van der Waals surface area contributed by atoms with Crippen LogP contribution in [-0.4, -0.2) is 63.4 Å². The van der Waals surface area contributed by atoms with Gasteiger partial charge >= 0.3 is 6.09 Å². The van der Waals surface area contributed by atoms with Gasteiger partial charge in [0.1, 0.15) is 5.60 Å². The molecular weight excluding hydrogens is 380 g/mol. The topological polar surface area (TPSA) is 67.7 Å². The van der Waals surface area contributed by atoms with Gasteiger partial charge in [0.25, 0.3) is 5.91 Å². The van der Waals surface area contributed by atoms with Crippen molar-refractivity contribution in [2.75, 3.05) is 26.2 Å². The number of ether oxygens (including phenoxy) is 1. The van der Waals surface area contributed by atoms with Crippen LogP contribution in [0.1, 0.15) is 54.5 Å². The highest BCUT2D eigenvalue weighted by Crippen LogP contribution is 2.15. The number of carbonyl (C=O) groups is 2. The van der Waals surface area contributed by atoms with Gasteiger partial charge in [-0.1, -0.05) is 12.1 Å².